The minimum absolute atomic E-state index is 0.172. The second kappa shape index (κ2) is 12.4. The molecule has 0 amide bonds. The number of rotatable bonds is 14. The predicted molar refractivity (Wildman–Crippen MR) is 101 cm³/mol. The molecule has 148 valence electrons. The van der Waals surface area contributed by atoms with Gasteiger partial charge < -0.3 is 24.5 Å². The molecule has 1 aliphatic rings. The van der Waals surface area contributed by atoms with Crippen molar-refractivity contribution in [1.82, 2.24) is 0 Å². The highest BCUT2D eigenvalue weighted by Crippen LogP contribution is 2.51. The van der Waals surface area contributed by atoms with Gasteiger partial charge in [0.15, 0.2) is 0 Å². The lowest BCUT2D eigenvalue weighted by atomic mass is 9.93. The Labute approximate surface area is 153 Å². The summed E-state index contributed by atoms with van der Waals surface area (Å²) in [6, 6.07) is -0.172. The highest BCUT2D eigenvalue weighted by molar-refractivity contribution is 7.53. The van der Waals surface area contributed by atoms with Gasteiger partial charge in [-0.05, 0) is 25.8 Å². The molecule has 1 heterocycles. The van der Waals surface area contributed by atoms with Crippen LogP contribution in [-0.2, 0) is 27.8 Å². The van der Waals surface area contributed by atoms with Crippen LogP contribution < -0.4 is 5.73 Å². The molecule has 0 radical (unpaired) electrons. The average molecular weight is 379 g/mol. The molecule has 25 heavy (non-hydrogen) atoms. The largest absolute Gasteiger partial charge is 0.379 e. The summed E-state index contributed by atoms with van der Waals surface area (Å²) in [6.45, 7) is 6.20. The van der Waals surface area contributed by atoms with Gasteiger partial charge in [0.05, 0.1) is 12.6 Å². The van der Waals surface area contributed by atoms with Crippen molar-refractivity contribution >= 4 is 15.4 Å². The van der Waals surface area contributed by atoms with Crippen LogP contribution in [0.3, 0.4) is 0 Å². The van der Waals surface area contributed by atoms with Crippen molar-refractivity contribution in [3.8, 4) is 0 Å². The van der Waals surface area contributed by atoms with E-state index in [0.717, 1.165) is 19.3 Å². The monoisotopic (exact) mass is 379 g/mol. The lowest BCUT2D eigenvalue weighted by Crippen LogP contribution is -2.39. The normalized spacial score (nSPS) is 29.0. The third-order valence-electron chi connectivity index (χ3n) is 4.18. The number of ether oxygens (including phenoxy) is 3. The fourth-order valence-corrected chi connectivity index (χ4v) is 4.34. The maximum Gasteiger partial charge on any atom is 0.330 e. The third-order valence-corrected chi connectivity index (χ3v) is 6.30. The predicted octanol–water partition coefficient (Wildman–Crippen LogP) is 1.53. The van der Waals surface area contributed by atoms with Gasteiger partial charge in [-0.1, -0.05) is 20.3 Å². The lowest BCUT2D eigenvalue weighted by molar-refractivity contribution is -0.0347. The van der Waals surface area contributed by atoms with Crippen LogP contribution in [0.2, 0.25) is 0 Å². The minimum atomic E-state index is -3.17. The van der Waals surface area contributed by atoms with Gasteiger partial charge in [-0.3, -0.25) is 9.09 Å². The first-order valence-electron chi connectivity index (χ1n) is 9.39. The molecule has 5 atom stereocenters. The van der Waals surface area contributed by atoms with Crippen LogP contribution in [-0.4, -0.2) is 71.8 Å². The fourth-order valence-electron chi connectivity index (χ4n) is 2.80. The van der Waals surface area contributed by atoms with Crippen LogP contribution in [0.5, 0.6) is 0 Å². The van der Waals surface area contributed by atoms with Crippen molar-refractivity contribution in [2.45, 2.75) is 63.8 Å². The third kappa shape index (κ3) is 7.67. The van der Waals surface area contributed by atoms with Crippen LogP contribution in [0.15, 0.2) is 0 Å². The Kier molecular flexibility index (Phi) is 11.5. The maximum atomic E-state index is 12.8. The summed E-state index contributed by atoms with van der Waals surface area (Å²) >= 11 is 0. The van der Waals surface area contributed by atoms with Gasteiger partial charge in [-0.25, -0.2) is 0 Å². The maximum absolute atomic E-state index is 12.8. The zero-order valence-electron chi connectivity index (χ0n) is 16.1. The first kappa shape index (κ1) is 23.1. The van der Waals surface area contributed by atoms with Gasteiger partial charge in [0.2, 0.25) is 0 Å². The van der Waals surface area contributed by atoms with E-state index >= 15 is 0 Å². The Bertz CT molecular complexity index is 403. The first-order valence-corrected chi connectivity index (χ1v) is 11.1. The smallest absolute Gasteiger partial charge is 0.330 e. The molecular weight excluding hydrogens is 344 g/mol. The summed E-state index contributed by atoms with van der Waals surface area (Å²) in [5.41, 5.74) is 5.54. The van der Waals surface area contributed by atoms with E-state index in [1.807, 2.05) is 14.8 Å². The van der Waals surface area contributed by atoms with E-state index in [0.29, 0.717) is 38.9 Å². The van der Waals surface area contributed by atoms with Crippen LogP contribution >= 0.6 is 7.60 Å². The van der Waals surface area contributed by atoms with E-state index in [2.05, 4.69) is 6.92 Å². The summed E-state index contributed by atoms with van der Waals surface area (Å²) in [5, 5.41) is 0. The molecule has 0 spiro atoms. The van der Waals surface area contributed by atoms with E-state index in [1.165, 1.54) is 7.11 Å². The molecule has 0 bridgehead atoms. The van der Waals surface area contributed by atoms with E-state index in [1.54, 1.807) is 0 Å². The Morgan fingerprint density at radius 3 is 2.52 bits per heavy atom. The minimum Gasteiger partial charge on any atom is -0.379 e. The summed E-state index contributed by atoms with van der Waals surface area (Å²) in [4.78, 5) is 0. The van der Waals surface area contributed by atoms with E-state index in [4.69, 9.17) is 29.0 Å². The van der Waals surface area contributed by atoms with Gasteiger partial charge in [0, 0.05) is 26.5 Å². The van der Waals surface area contributed by atoms with E-state index in [9.17, 15) is 4.57 Å². The molecule has 9 heteroatoms. The number of hydrogen-bond acceptors (Lipinski definition) is 7. The highest BCUT2D eigenvalue weighted by Gasteiger charge is 2.47. The molecule has 0 saturated carbocycles. The van der Waals surface area contributed by atoms with Gasteiger partial charge in [0.1, 0.15) is 26.2 Å². The van der Waals surface area contributed by atoms with Crippen LogP contribution in [0, 0.1) is 0 Å². The van der Waals surface area contributed by atoms with Gasteiger partial charge in [0.25, 0.3) is 0 Å². The van der Waals surface area contributed by atoms with E-state index < -0.39 is 13.7 Å². The fraction of sp³-hybridized carbons (Fsp3) is 1.00. The molecule has 0 aromatic rings. The molecule has 7 nitrogen and oxygen atoms in total. The molecule has 2 N–H and O–H groups in total. The second-order valence-electron chi connectivity index (χ2n) is 6.37. The molecule has 1 fully saturated rings. The SMILES string of the molecule is B[C@@H]1OC(COCCCC)C(OP(=O)(CCC)OC)[C@@H]1OCCCN. The molecule has 0 aromatic heterocycles. The van der Waals surface area contributed by atoms with Crippen LogP contribution in [0.4, 0.5) is 0 Å². The van der Waals surface area contributed by atoms with Crippen LogP contribution in [0.1, 0.15) is 39.5 Å². The summed E-state index contributed by atoms with van der Waals surface area (Å²) in [7, 11) is 0.186. The van der Waals surface area contributed by atoms with Crippen molar-refractivity contribution in [2.75, 3.05) is 39.6 Å². The van der Waals surface area contributed by atoms with E-state index in [-0.39, 0.29) is 18.2 Å². The molecular formula is C16H35BNO6P. The summed E-state index contributed by atoms with van der Waals surface area (Å²) in [6.07, 6.45) is 2.79. The van der Waals surface area contributed by atoms with Crippen LogP contribution in [0.25, 0.3) is 0 Å². The molecule has 3 unspecified atom stereocenters. The molecule has 1 saturated heterocycles. The van der Waals surface area contributed by atoms with Crippen molar-refractivity contribution in [3.05, 3.63) is 0 Å². The first-order chi connectivity index (χ1) is 12.0. The van der Waals surface area contributed by atoms with Gasteiger partial charge in [-0.15, -0.1) is 0 Å². The zero-order chi connectivity index (χ0) is 18.7. The molecule has 0 aliphatic carbocycles. The molecule has 0 aromatic carbocycles. The zero-order valence-corrected chi connectivity index (χ0v) is 17.0. The summed E-state index contributed by atoms with van der Waals surface area (Å²) in [5.74, 6) is 0. The number of unbranched alkanes of at least 4 members (excludes halogenated alkanes) is 1. The van der Waals surface area contributed by atoms with Crippen molar-refractivity contribution in [3.63, 3.8) is 0 Å². The van der Waals surface area contributed by atoms with Gasteiger partial charge >= 0.3 is 7.60 Å². The average Bonchev–Trinajstić information content (AvgIpc) is 2.87. The van der Waals surface area contributed by atoms with Crippen molar-refractivity contribution in [2.24, 2.45) is 5.73 Å². The Hall–Kier alpha value is 0.0549. The second-order valence-corrected chi connectivity index (χ2v) is 8.62. The van der Waals surface area contributed by atoms with Crippen molar-refractivity contribution in [1.29, 1.82) is 0 Å². The lowest BCUT2D eigenvalue weighted by Gasteiger charge is -2.27. The molecule has 1 aliphatic heterocycles. The quantitative estimate of drug-likeness (QED) is 0.278. The van der Waals surface area contributed by atoms with Gasteiger partial charge in [-0.2, -0.15) is 0 Å². The standard InChI is InChI=1S/C16H35BNO6P/c1-4-6-9-21-12-13-14(24-25(19,20-3)11-5-2)15(16(17)23-13)22-10-7-8-18/h13-16H,4-12,17-18H2,1-3H3/t13?,14?,15-,16+,25?/m0/s1. The Morgan fingerprint density at radius 2 is 1.92 bits per heavy atom. The Balaban J connectivity index is 2.78. The summed E-state index contributed by atoms with van der Waals surface area (Å²) < 4.78 is 41.6. The number of hydrogen-bond donors (Lipinski definition) is 1. The highest BCUT2D eigenvalue weighted by atomic mass is 31.2. The topological polar surface area (TPSA) is 89.2 Å². The number of nitrogens with two attached hydrogens (primary N) is 1. The molecule has 1 rings (SSSR count). The van der Waals surface area contributed by atoms with Crippen molar-refractivity contribution < 1.29 is 27.8 Å². The Morgan fingerprint density at radius 1 is 1.16 bits per heavy atom.